The second-order valence-corrected chi connectivity index (χ2v) is 6.22. The number of hydrogen-bond acceptors (Lipinski definition) is 0. The molecule has 0 spiro atoms. The van der Waals surface area contributed by atoms with Crippen LogP contribution in [0, 0.1) is 23.2 Å². The van der Waals surface area contributed by atoms with Crippen molar-refractivity contribution in [3.63, 3.8) is 0 Å². The summed E-state index contributed by atoms with van der Waals surface area (Å²) in [4.78, 5) is 0. The van der Waals surface area contributed by atoms with Gasteiger partial charge in [-0.2, -0.15) is 0 Å². The zero-order chi connectivity index (χ0) is 11.1. The van der Waals surface area contributed by atoms with E-state index in [1.807, 2.05) is 0 Å². The summed E-state index contributed by atoms with van der Waals surface area (Å²) in [6.07, 6.45) is 8.46. The van der Waals surface area contributed by atoms with Crippen molar-refractivity contribution in [3.8, 4) is 0 Å². The summed E-state index contributed by atoms with van der Waals surface area (Å²) in [6, 6.07) is 0. The molecule has 0 aromatic carbocycles. The zero-order valence-electron chi connectivity index (χ0n) is 10.6. The predicted molar refractivity (Wildman–Crippen MR) is 66.5 cm³/mol. The molecule has 0 aliphatic heterocycles. The predicted octanol–water partition coefficient (Wildman–Crippen LogP) is 4.76. The molecule has 2 fully saturated rings. The molecular formula is C15H25+. The van der Waals surface area contributed by atoms with E-state index in [0.717, 1.165) is 11.8 Å². The Labute approximate surface area is 95.1 Å². The molecule has 2 rings (SSSR count). The molecule has 0 N–H and O–H groups in total. The molecule has 0 radical (unpaired) electrons. The Morgan fingerprint density at radius 3 is 2.80 bits per heavy atom. The molecule has 2 saturated carbocycles. The molecule has 0 nitrogen and oxygen atoms in total. The van der Waals surface area contributed by atoms with Gasteiger partial charge >= 0.3 is 0 Å². The summed E-state index contributed by atoms with van der Waals surface area (Å²) < 4.78 is 0. The van der Waals surface area contributed by atoms with Crippen LogP contribution in [-0.4, -0.2) is 0 Å². The quantitative estimate of drug-likeness (QED) is 0.427. The number of rotatable bonds is 1. The Hall–Kier alpha value is -0.390. The van der Waals surface area contributed by atoms with Crippen molar-refractivity contribution in [1.82, 2.24) is 0 Å². The molecule has 84 valence electrons. The molecule has 3 atom stereocenters. The molecule has 0 heterocycles. The topological polar surface area (TPSA) is 0 Å². The third-order valence-corrected chi connectivity index (χ3v) is 5.04. The van der Waals surface area contributed by atoms with Crippen molar-refractivity contribution in [2.75, 3.05) is 0 Å². The van der Waals surface area contributed by atoms with Crippen LogP contribution in [0.2, 0.25) is 0 Å². The van der Waals surface area contributed by atoms with Crippen molar-refractivity contribution in [2.45, 2.75) is 59.3 Å². The molecule has 0 aromatic heterocycles. The minimum Gasteiger partial charge on any atom is -0.0999 e. The van der Waals surface area contributed by atoms with E-state index in [1.54, 1.807) is 5.92 Å². The molecule has 0 unspecified atom stereocenters. The highest BCUT2D eigenvalue weighted by atomic mass is 14.5. The van der Waals surface area contributed by atoms with Gasteiger partial charge in [0.05, 0.1) is 19.3 Å². The van der Waals surface area contributed by atoms with Gasteiger partial charge in [-0.05, 0) is 44.9 Å². The lowest BCUT2D eigenvalue weighted by atomic mass is 9.54. The fourth-order valence-corrected chi connectivity index (χ4v) is 3.85. The molecule has 0 saturated heterocycles. The van der Waals surface area contributed by atoms with Gasteiger partial charge in [-0.1, -0.05) is 19.1 Å². The van der Waals surface area contributed by atoms with Crippen LogP contribution in [0.3, 0.4) is 0 Å². The Morgan fingerprint density at radius 2 is 2.13 bits per heavy atom. The summed E-state index contributed by atoms with van der Waals surface area (Å²) in [6.45, 7) is 11.3. The zero-order valence-corrected chi connectivity index (χ0v) is 10.6. The molecular weight excluding hydrogens is 180 g/mol. The van der Waals surface area contributed by atoms with Crippen molar-refractivity contribution in [1.29, 1.82) is 0 Å². The van der Waals surface area contributed by atoms with Gasteiger partial charge in [-0.25, -0.2) is 0 Å². The van der Waals surface area contributed by atoms with Crippen molar-refractivity contribution >= 4 is 0 Å². The summed E-state index contributed by atoms with van der Waals surface area (Å²) in [5, 5.41) is 0. The van der Waals surface area contributed by atoms with Crippen LogP contribution in [0.5, 0.6) is 0 Å². The van der Waals surface area contributed by atoms with Gasteiger partial charge < -0.3 is 0 Å². The van der Waals surface area contributed by atoms with Gasteiger partial charge in [-0.15, -0.1) is 0 Å². The highest BCUT2D eigenvalue weighted by Gasteiger charge is 2.50. The average Bonchev–Trinajstić information content (AvgIpc) is 2.17. The Kier molecular flexibility index (Phi) is 2.87. The van der Waals surface area contributed by atoms with Crippen LogP contribution in [0.25, 0.3) is 0 Å². The maximum absolute atomic E-state index is 4.15. The lowest BCUT2D eigenvalue weighted by Crippen LogP contribution is -2.40. The summed E-state index contributed by atoms with van der Waals surface area (Å²) >= 11 is 0. The summed E-state index contributed by atoms with van der Waals surface area (Å²) in [5.41, 5.74) is 2.05. The van der Waals surface area contributed by atoms with E-state index in [4.69, 9.17) is 0 Å². The molecule has 15 heavy (non-hydrogen) atoms. The van der Waals surface area contributed by atoms with E-state index in [2.05, 4.69) is 27.4 Å². The standard InChI is InChI=1S/C15H25/c1-11(2)13-7-9-15(4)8-5-6-12(3)14(15)10-13/h13-14H,1,5-10H2,2-4H3/q+1/t13-,14+,15-/m1/s1. The lowest BCUT2D eigenvalue weighted by molar-refractivity contribution is 0.0635. The molecule has 0 aromatic rings. The van der Waals surface area contributed by atoms with E-state index in [1.165, 1.54) is 44.1 Å². The van der Waals surface area contributed by atoms with Crippen molar-refractivity contribution in [3.05, 3.63) is 18.1 Å². The Bertz CT molecular complexity index is 253. The number of fused-ring (bicyclic) bond motifs is 1. The van der Waals surface area contributed by atoms with Crippen molar-refractivity contribution < 1.29 is 0 Å². The van der Waals surface area contributed by atoms with E-state index < -0.39 is 0 Å². The monoisotopic (exact) mass is 205 g/mol. The van der Waals surface area contributed by atoms with Crippen LogP contribution in [0.15, 0.2) is 12.2 Å². The Morgan fingerprint density at radius 1 is 1.40 bits per heavy atom. The van der Waals surface area contributed by atoms with E-state index in [0.29, 0.717) is 5.41 Å². The van der Waals surface area contributed by atoms with E-state index >= 15 is 0 Å². The molecule has 2 aliphatic carbocycles. The molecule has 0 amide bonds. The van der Waals surface area contributed by atoms with Gasteiger partial charge in [0.2, 0.25) is 0 Å². The minimum atomic E-state index is 0.633. The first-order valence-electron chi connectivity index (χ1n) is 6.50. The first-order chi connectivity index (χ1) is 7.03. The first kappa shape index (κ1) is 11.1. The number of hydrogen-bond donors (Lipinski definition) is 0. The molecule has 2 aliphatic rings. The van der Waals surface area contributed by atoms with Crippen molar-refractivity contribution in [2.24, 2.45) is 17.3 Å². The van der Waals surface area contributed by atoms with Crippen LogP contribution < -0.4 is 0 Å². The van der Waals surface area contributed by atoms with Gasteiger partial charge in [-0.3, -0.25) is 0 Å². The third-order valence-electron chi connectivity index (χ3n) is 5.04. The largest absolute Gasteiger partial charge is 0.106 e. The fraction of sp³-hybridized carbons (Fsp3) is 0.800. The van der Waals surface area contributed by atoms with E-state index in [9.17, 15) is 0 Å². The molecule has 0 heteroatoms. The van der Waals surface area contributed by atoms with Crippen LogP contribution in [0.1, 0.15) is 59.3 Å². The SMILES string of the molecule is C=C(C)[C@@H]1CC[C@@]2(C)CCC[C+](C)[C@@H]2C1. The average molecular weight is 205 g/mol. The summed E-state index contributed by atoms with van der Waals surface area (Å²) in [5.74, 6) is 3.47. The summed E-state index contributed by atoms with van der Waals surface area (Å²) in [7, 11) is 0. The lowest BCUT2D eigenvalue weighted by Gasteiger charge is -2.45. The van der Waals surface area contributed by atoms with Crippen LogP contribution >= 0.6 is 0 Å². The molecule has 0 bridgehead atoms. The number of allylic oxidation sites excluding steroid dienone is 1. The fourth-order valence-electron chi connectivity index (χ4n) is 3.85. The smallest absolute Gasteiger partial charge is 0.0999 e. The van der Waals surface area contributed by atoms with Crippen LogP contribution in [-0.2, 0) is 0 Å². The second-order valence-electron chi connectivity index (χ2n) is 6.22. The second kappa shape index (κ2) is 3.88. The first-order valence-corrected chi connectivity index (χ1v) is 6.50. The van der Waals surface area contributed by atoms with Gasteiger partial charge in [0.15, 0.2) is 0 Å². The maximum atomic E-state index is 4.15. The minimum absolute atomic E-state index is 0.633. The van der Waals surface area contributed by atoms with Gasteiger partial charge in [0.25, 0.3) is 0 Å². The maximum Gasteiger partial charge on any atom is 0.106 e. The highest BCUT2D eigenvalue weighted by Crippen LogP contribution is 2.55. The normalized spacial score (nSPS) is 41.1. The van der Waals surface area contributed by atoms with Gasteiger partial charge in [0, 0.05) is 5.41 Å². The van der Waals surface area contributed by atoms with Crippen LogP contribution in [0.4, 0.5) is 0 Å². The Balaban J connectivity index is 2.12. The third kappa shape index (κ3) is 1.96. The van der Waals surface area contributed by atoms with E-state index in [-0.39, 0.29) is 0 Å². The van der Waals surface area contributed by atoms with Gasteiger partial charge in [0.1, 0.15) is 5.92 Å². The highest BCUT2D eigenvalue weighted by molar-refractivity contribution is 5.11.